The van der Waals surface area contributed by atoms with Gasteiger partial charge in [-0.1, -0.05) is 57.3 Å². The van der Waals surface area contributed by atoms with E-state index in [1.807, 2.05) is 24.3 Å². The molecule has 2 aromatic rings. The summed E-state index contributed by atoms with van der Waals surface area (Å²) in [4.78, 5) is 20.7. The normalized spacial score (nSPS) is 11.2. The molecule has 0 aliphatic carbocycles. The number of hydrogen-bond acceptors (Lipinski definition) is 3. The first kappa shape index (κ1) is 12.9. The average molecular weight is 450 g/mol. The van der Waals surface area contributed by atoms with Gasteiger partial charge in [0.2, 0.25) is 5.78 Å². The lowest BCUT2D eigenvalue weighted by atomic mass is 10.1. The highest BCUT2D eigenvalue weighted by atomic mass is 127. The number of alkyl halides is 2. The zero-order valence-electron chi connectivity index (χ0n) is 8.68. The molecule has 0 N–H and O–H groups in total. The van der Waals surface area contributed by atoms with Crippen LogP contribution in [0.3, 0.4) is 0 Å². The van der Waals surface area contributed by atoms with Crippen molar-refractivity contribution in [1.82, 2.24) is 9.97 Å². The van der Waals surface area contributed by atoms with Crippen LogP contribution in [0.5, 0.6) is 0 Å². The minimum atomic E-state index is -0.717. The van der Waals surface area contributed by atoms with Gasteiger partial charge in [0.15, 0.2) is 1.43 Å². The summed E-state index contributed by atoms with van der Waals surface area (Å²) in [6.07, 6.45) is 3.31. The fraction of sp³-hybridized carbons (Fsp3) is 0.0833. The van der Waals surface area contributed by atoms with E-state index < -0.39 is 1.43 Å². The van der Waals surface area contributed by atoms with Gasteiger partial charge in [-0.25, -0.2) is 0 Å². The van der Waals surface area contributed by atoms with Crippen molar-refractivity contribution in [3.63, 3.8) is 0 Å². The summed E-state index contributed by atoms with van der Waals surface area (Å²) >= 11 is 4.21. The molecule has 0 saturated carbocycles. The Kier molecular flexibility index (Phi) is 4.08. The van der Waals surface area contributed by atoms with Crippen molar-refractivity contribution in [2.75, 3.05) is 0 Å². The second-order valence-electron chi connectivity index (χ2n) is 3.33. The largest absolute Gasteiger partial charge is 0.290 e. The van der Waals surface area contributed by atoms with E-state index in [1.165, 1.54) is 0 Å². The molecule has 2 aromatic heterocycles. The van der Waals surface area contributed by atoms with Crippen LogP contribution in [0.4, 0.5) is 0 Å². The Morgan fingerprint density at radius 3 is 2.18 bits per heavy atom. The predicted octanol–water partition coefficient (Wildman–Crippen LogP) is 3.38. The van der Waals surface area contributed by atoms with E-state index in [0.29, 0.717) is 5.69 Å². The van der Waals surface area contributed by atoms with Crippen LogP contribution in [-0.2, 0) is 1.43 Å². The molecule has 3 nitrogen and oxygen atoms in total. The topological polar surface area (TPSA) is 42.9 Å². The third kappa shape index (κ3) is 2.82. The lowest BCUT2D eigenvalue weighted by Gasteiger charge is -2.17. The highest BCUT2D eigenvalue weighted by molar-refractivity contribution is 14.2. The molecule has 0 amide bonds. The molecule has 0 saturated heterocycles. The summed E-state index contributed by atoms with van der Waals surface area (Å²) in [5.74, 6) is -0.0435. The van der Waals surface area contributed by atoms with E-state index in [1.54, 1.807) is 24.5 Å². The minimum absolute atomic E-state index is 0.0435. The highest BCUT2D eigenvalue weighted by Crippen LogP contribution is 2.40. The molecule has 0 fully saturated rings. The van der Waals surface area contributed by atoms with Gasteiger partial charge in [0, 0.05) is 12.4 Å². The monoisotopic (exact) mass is 450 g/mol. The van der Waals surface area contributed by atoms with Crippen LogP contribution in [0.15, 0.2) is 48.8 Å². The van der Waals surface area contributed by atoms with Gasteiger partial charge < -0.3 is 0 Å². The quantitative estimate of drug-likeness (QED) is 0.410. The minimum Gasteiger partial charge on any atom is -0.290 e. The first-order chi connectivity index (χ1) is 8.12. The summed E-state index contributed by atoms with van der Waals surface area (Å²) in [7, 11) is 0. The number of aromatic nitrogens is 2. The molecule has 0 spiro atoms. The molecule has 0 radical (unpaired) electrons. The first-order valence-electron chi connectivity index (χ1n) is 4.87. The smallest absolute Gasteiger partial charge is 0.212 e. The number of hydrogen-bond donors (Lipinski definition) is 0. The lowest BCUT2D eigenvalue weighted by Crippen LogP contribution is -2.24. The van der Waals surface area contributed by atoms with Crippen molar-refractivity contribution < 1.29 is 4.79 Å². The maximum atomic E-state index is 12.3. The molecular formula is C12H8I2N2O. The second-order valence-corrected chi connectivity index (χ2v) is 8.63. The average Bonchev–Trinajstić information content (AvgIpc) is 2.40. The molecule has 86 valence electrons. The van der Waals surface area contributed by atoms with Crippen molar-refractivity contribution in [2.45, 2.75) is 1.43 Å². The van der Waals surface area contributed by atoms with Crippen LogP contribution >= 0.6 is 45.2 Å². The molecular weight excluding hydrogens is 442 g/mol. The Bertz CT molecular complexity index is 515. The van der Waals surface area contributed by atoms with E-state index in [9.17, 15) is 4.79 Å². The standard InChI is InChI=1S/C12H8I2N2O/c13-12(14,10-6-2-4-8-16-10)11(17)9-5-1-3-7-15-9/h1-8H. The summed E-state index contributed by atoms with van der Waals surface area (Å²) in [5.41, 5.74) is 1.19. The van der Waals surface area contributed by atoms with Gasteiger partial charge >= 0.3 is 0 Å². The number of nitrogens with zero attached hydrogens (tertiary/aromatic N) is 2. The van der Waals surface area contributed by atoms with Gasteiger partial charge in [-0.3, -0.25) is 14.8 Å². The lowest BCUT2D eigenvalue weighted by molar-refractivity contribution is 0.0983. The van der Waals surface area contributed by atoms with Crippen LogP contribution in [0.2, 0.25) is 0 Å². The summed E-state index contributed by atoms with van der Waals surface area (Å²) in [6, 6.07) is 10.9. The first-order valence-corrected chi connectivity index (χ1v) is 7.03. The predicted molar refractivity (Wildman–Crippen MR) is 82.5 cm³/mol. The second kappa shape index (κ2) is 5.38. The number of rotatable bonds is 3. The Labute approximate surface area is 126 Å². The van der Waals surface area contributed by atoms with E-state index in [4.69, 9.17) is 0 Å². The van der Waals surface area contributed by atoms with E-state index in [-0.39, 0.29) is 5.78 Å². The number of pyridine rings is 2. The number of halogens is 2. The van der Waals surface area contributed by atoms with Gasteiger partial charge in [-0.05, 0) is 24.3 Å². The summed E-state index contributed by atoms with van der Waals surface area (Å²) < 4.78 is -0.717. The Balaban J connectivity index is 2.37. The Hall–Kier alpha value is -0.570. The van der Waals surface area contributed by atoms with Gasteiger partial charge in [-0.2, -0.15) is 0 Å². The fourth-order valence-corrected chi connectivity index (χ4v) is 2.51. The third-order valence-corrected chi connectivity index (χ3v) is 4.25. The van der Waals surface area contributed by atoms with Gasteiger partial charge in [0.1, 0.15) is 5.69 Å². The molecule has 17 heavy (non-hydrogen) atoms. The third-order valence-electron chi connectivity index (χ3n) is 2.17. The van der Waals surface area contributed by atoms with Crippen LogP contribution in [0, 0.1) is 0 Å². The van der Waals surface area contributed by atoms with E-state index >= 15 is 0 Å². The molecule has 2 heterocycles. The fourth-order valence-electron chi connectivity index (χ4n) is 1.32. The molecule has 0 aromatic carbocycles. The van der Waals surface area contributed by atoms with Gasteiger partial charge in [0.25, 0.3) is 0 Å². The van der Waals surface area contributed by atoms with Crippen molar-refractivity contribution in [3.05, 3.63) is 60.2 Å². The summed E-state index contributed by atoms with van der Waals surface area (Å²) in [5, 5.41) is 0. The number of Topliss-reactive ketones (excluding diaryl/α,β-unsaturated/α-hetero) is 1. The SMILES string of the molecule is O=C(c1ccccn1)C(I)(I)c1ccccn1. The van der Waals surface area contributed by atoms with Crippen LogP contribution < -0.4 is 0 Å². The Morgan fingerprint density at radius 2 is 1.65 bits per heavy atom. The number of ketones is 1. The molecule has 0 aliphatic heterocycles. The van der Waals surface area contributed by atoms with Crippen molar-refractivity contribution in [1.29, 1.82) is 0 Å². The van der Waals surface area contributed by atoms with Gasteiger partial charge in [-0.15, -0.1) is 0 Å². The number of carbonyl (C=O) groups excluding carboxylic acids is 1. The van der Waals surface area contributed by atoms with Crippen LogP contribution in [0.1, 0.15) is 16.2 Å². The molecule has 0 atom stereocenters. The van der Waals surface area contributed by atoms with Crippen LogP contribution in [0.25, 0.3) is 0 Å². The van der Waals surface area contributed by atoms with Gasteiger partial charge in [0.05, 0.1) is 5.69 Å². The molecule has 0 unspecified atom stereocenters. The maximum absolute atomic E-state index is 12.3. The Morgan fingerprint density at radius 1 is 1.00 bits per heavy atom. The number of carbonyl (C=O) groups is 1. The molecule has 5 heteroatoms. The van der Waals surface area contributed by atoms with Crippen LogP contribution in [-0.4, -0.2) is 15.8 Å². The zero-order chi connectivity index (χ0) is 12.3. The zero-order valence-corrected chi connectivity index (χ0v) is 13.0. The molecule has 0 bridgehead atoms. The van der Waals surface area contributed by atoms with Crippen molar-refractivity contribution >= 4 is 51.0 Å². The molecule has 2 rings (SSSR count). The van der Waals surface area contributed by atoms with E-state index in [0.717, 1.165) is 5.69 Å². The van der Waals surface area contributed by atoms with Crippen molar-refractivity contribution in [2.24, 2.45) is 0 Å². The van der Waals surface area contributed by atoms with E-state index in [2.05, 4.69) is 55.1 Å². The molecule has 0 aliphatic rings. The van der Waals surface area contributed by atoms with Crippen molar-refractivity contribution in [3.8, 4) is 0 Å². The maximum Gasteiger partial charge on any atom is 0.212 e. The highest BCUT2D eigenvalue weighted by Gasteiger charge is 2.36. The summed E-state index contributed by atoms with van der Waals surface area (Å²) in [6.45, 7) is 0.